The summed E-state index contributed by atoms with van der Waals surface area (Å²) in [5.41, 5.74) is 0. The first-order chi connectivity index (χ1) is 10.7. The van der Waals surface area contributed by atoms with Crippen LogP contribution >= 0.6 is 0 Å². The Labute approximate surface area is 129 Å². The third kappa shape index (κ3) is 3.44. The third-order valence-corrected chi connectivity index (χ3v) is 3.77. The van der Waals surface area contributed by atoms with E-state index in [1.54, 1.807) is 6.92 Å². The van der Waals surface area contributed by atoms with Crippen molar-refractivity contribution in [1.82, 2.24) is 15.0 Å². The number of aromatic nitrogens is 2. The van der Waals surface area contributed by atoms with Gasteiger partial charge in [0.25, 0.3) is 5.91 Å². The summed E-state index contributed by atoms with van der Waals surface area (Å²) in [6.45, 7) is 3.21. The van der Waals surface area contributed by atoms with E-state index in [2.05, 4.69) is 10.1 Å². The molecule has 1 saturated heterocycles. The van der Waals surface area contributed by atoms with Crippen LogP contribution in [0.4, 0.5) is 0 Å². The second-order valence-electron chi connectivity index (χ2n) is 5.46. The largest absolute Gasteiger partial charge is 0.484 e. The average molecular weight is 301 g/mol. The van der Waals surface area contributed by atoms with E-state index >= 15 is 0 Å². The van der Waals surface area contributed by atoms with Crippen LogP contribution in [0.1, 0.15) is 30.5 Å². The predicted molar refractivity (Wildman–Crippen MR) is 79.5 cm³/mol. The van der Waals surface area contributed by atoms with Gasteiger partial charge in [-0.1, -0.05) is 23.4 Å². The highest BCUT2D eigenvalue weighted by molar-refractivity contribution is 5.78. The van der Waals surface area contributed by atoms with Crippen LogP contribution in [0.15, 0.2) is 34.9 Å². The van der Waals surface area contributed by atoms with Crippen LogP contribution in [-0.4, -0.2) is 40.6 Å². The molecule has 3 rings (SSSR count). The lowest BCUT2D eigenvalue weighted by molar-refractivity contribution is -0.134. The smallest absolute Gasteiger partial charge is 0.260 e. The first-order valence-corrected chi connectivity index (χ1v) is 7.48. The maximum Gasteiger partial charge on any atom is 0.260 e. The number of amides is 1. The van der Waals surface area contributed by atoms with Gasteiger partial charge in [0.15, 0.2) is 12.4 Å². The quantitative estimate of drug-likeness (QED) is 0.865. The molecule has 0 radical (unpaired) electrons. The Balaban J connectivity index is 1.56. The predicted octanol–water partition coefficient (Wildman–Crippen LogP) is 2.16. The molecule has 1 aliphatic rings. The SMILES string of the molecule is Cc1noc([C@H]2CCCN(C(=O)COc3ccccc3)C2)n1. The summed E-state index contributed by atoms with van der Waals surface area (Å²) >= 11 is 0. The van der Waals surface area contributed by atoms with E-state index in [4.69, 9.17) is 9.26 Å². The van der Waals surface area contributed by atoms with Crippen LogP contribution in [0.3, 0.4) is 0 Å². The van der Waals surface area contributed by atoms with Crippen LogP contribution in [-0.2, 0) is 4.79 Å². The summed E-state index contributed by atoms with van der Waals surface area (Å²) in [6.07, 6.45) is 1.90. The molecule has 0 unspecified atom stereocenters. The molecule has 1 amide bonds. The monoisotopic (exact) mass is 301 g/mol. The summed E-state index contributed by atoms with van der Waals surface area (Å²) < 4.78 is 10.8. The lowest BCUT2D eigenvalue weighted by atomic mass is 9.98. The van der Waals surface area contributed by atoms with E-state index in [0.717, 1.165) is 19.4 Å². The number of piperidine rings is 1. The van der Waals surface area contributed by atoms with Crippen molar-refractivity contribution >= 4 is 5.91 Å². The van der Waals surface area contributed by atoms with Crippen molar-refractivity contribution in [2.75, 3.05) is 19.7 Å². The number of hydrogen-bond donors (Lipinski definition) is 0. The fraction of sp³-hybridized carbons (Fsp3) is 0.438. The summed E-state index contributed by atoms with van der Waals surface area (Å²) in [6, 6.07) is 9.36. The lowest BCUT2D eigenvalue weighted by Gasteiger charge is -2.30. The number of carbonyl (C=O) groups excluding carboxylic acids is 1. The maximum absolute atomic E-state index is 12.3. The van der Waals surface area contributed by atoms with Crippen LogP contribution < -0.4 is 4.74 Å². The first-order valence-electron chi connectivity index (χ1n) is 7.48. The van der Waals surface area contributed by atoms with Crippen LogP contribution in [0.2, 0.25) is 0 Å². The fourth-order valence-electron chi connectivity index (χ4n) is 2.64. The zero-order valence-corrected chi connectivity index (χ0v) is 12.6. The van der Waals surface area contributed by atoms with E-state index in [-0.39, 0.29) is 18.4 Å². The Bertz CT molecular complexity index is 627. The second-order valence-corrected chi connectivity index (χ2v) is 5.46. The highest BCUT2D eigenvalue weighted by Gasteiger charge is 2.28. The normalized spacial score (nSPS) is 18.2. The molecule has 0 bridgehead atoms. The molecule has 22 heavy (non-hydrogen) atoms. The number of nitrogens with zero attached hydrogens (tertiary/aromatic N) is 3. The van der Waals surface area contributed by atoms with Crippen molar-refractivity contribution in [3.05, 3.63) is 42.0 Å². The molecule has 0 aliphatic carbocycles. The number of aryl methyl sites for hydroxylation is 1. The van der Waals surface area contributed by atoms with Gasteiger partial charge in [0.1, 0.15) is 5.75 Å². The molecule has 6 nitrogen and oxygen atoms in total. The molecular weight excluding hydrogens is 282 g/mol. The number of carbonyl (C=O) groups is 1. The van der Waals surface area contributed by atoms with E-state index < -0.39 is 0 Å². The Morgan fingerprint density at radius 3 is 2.95 bits per heavy atom. The lowest BCUT2D eigenvalue weighted by Crippen LogP contribution is -2.41. The van der Waals surface area contributed by atoms with Gasteiger partial charge in [-0.15, -0.1) is 0 Å². The molecule has 2 heterocycles. The van der Waals surface area contributed by atoms with E-state index in [1.807, 2.05) is 35.2 Å². The molecule has 1 aromatic carbocycles. The number of hydrogen-bond acceptors (Lipinski definition) is 5. The van der Waals surface area contributed by atoms with Crippen molar-refractivity contribution < 1.29 is 14.1 Å². The maximum atomic E-state index is 12.3. The minimum atomic E-state index is -0.00945. The number of para-hydroxylation sites is 1. The summed E-state index contributed by atoms with van der Waals surface area (Å²) in [5.74, 6) is 2.07. The molecule has 1 aliphatic heterocycles. The summed E-state index contributed by atoms with van der Waals surface area (Å²) in [4.78, 5) is 18.4. The number of rotatable bonds is 4. The van der Waals surface area contributed by atoms with Gasteiger partial charge in [0, 0.05) is 13.1 Å². The molecule has 116 valence electrons. The topological polar surface area (TPSA) is 68.5 Å². The Hall–Kier alpha value is -2.37. The van der Waals surface area contributed by atoms with Gasteiger partial charge in [-0.05, 0) is 31.9 Å². The van der Waals surface area contributed by atoms with Gasteiger partial charge >= 0.3 is 0 Å². The zero-order chi connectivity index (χ0) is 15.4. The van der Waals surface area contributed by atoms with Crippen LogP contribution in [0.25, 0.3) is 0 Å². The number of benzene rings is 1. The van der Waals surface area contributed by atoms with Gasteiger partial charge in [-0.2, -0.15) is 4.98 Å². The molecule has 1 fully saturated rings. The molecule has 0 N–H and O–H groups in total. The second kappa shape index (κ2) is 6.60. The van der Waals surface area contributed by atoms with E-state index in [0.29, 0.717) is 24.0 Å². The molecule has 0 spiro atoms. The van der Waals surface area contributed by atoms with Gasteiger partial charge in [-0.3, -0.25) is 4.79 Å². The van der Waals surface area contributed by atoms with Crippen molar-refractivity contribution in [1.29, 1.82) is 0 Å². The molecule has 1 aromatic heterocycles. The molecule has 0 saturated carbocycles. The number of ether oxygens (including phenoxy) is 1. The summed E-state index contributed by atoms with van der Waals surface area (Å²) in [7, 11) is 0. The minimum Gasteiger partial charge on any atom is -0.484 e. The van der Waals surface area contributed by atoms with Gasteiger partial charge in [0.05, 0.1) is 5.92 Å². The van der Waals surface area contributed by atoms with Crippen molar-refractivity contribution in [2.24, 2.45) is 0 Å². The third-order valence-electron chi connectivity index (χ3n) is 3.77. The Kier molecular flexibility index (Phi) is 4.37. The van der Waals surface area contributed by atoms with Crippen molar-refractivity contribution in [2.45, 2.75) is 25.7 Å². The Morgan fingerprint density at radius 1 is 1.41 bits per heavy atom. The minimum absolute atomic E-state index is 0.00945. The van der Waals surface area contributed by atoms with E-state index in [1.165, 1.54) is 0 Å². The van der Waals surface area contributed by atoms with Crippen molar-refractivity contribution in [3.63, 3.8) is 0 Å². The molecule has 6 heteroatoms. The highest BCUT2D eigenvalue weighted by atomic mass is 16.5. The zero-order valence-electron chi connectivity index (χ0n) is 12.6. The summed E-state index contributed by atoms with van der Waals surface area (Å²) in [5, 5.41) is 3.82. The van der Waals surface area contributed by atoms with Crippen molar-refractivity contribution in [3.8, 4) is 5.75 Å². The fourth-order valence-corrected chi connectivity index (χ4v) is 2.64. The van der Waals surface area contributed by atoms with Crippen LogP contribution in [0, 0.1) is 6.92 Å². The molecular formula is C16H19N3O3. The standard InChI is InChI=1S/C16H19N3O3/c1-12-17-16(22-18-12)13-6-5-9-19(10-13)15(20)11-21-14-7-3-2-4-8-14/h2-4,7-8,13H,5-6,9-11H2,1H3/t13-/m0/s1. The van der Waals surface area contributed by atoms with Gasteiger partial charge < -0.3 is 14.2 Å². The average Bonchev–Trinajstić information content (AvgIpc) is 3.00. The molecule has 2 aromatic rings. The first kappa shape index (κ1) is 14.6. The highest BCUT2D eigenvalue weighted by Crippen LogP contribution is 2.25. The van der Waals surface area contributed by atoms with E-state index in [9.17, 15) is 4.79 Å². The van der Waals surface area contributed by atoms with Gasteiger partial charge in [-0.25, -0.2) is 0 Å². The van der Waals surface area contributed by atoms with Gasteiger partial charge in [0.2, 0.25) is 5.89 Å². The Morgan fingerprint density at radius 2 is 2.23 bits per heavy atom. The molecule has 1 atom stereocenters. The number of likely N-dealkylation sites (tertiary alicyclic amines) is 1. The van der Waals surface area contributed by atoms with Crippen LogP contribution in [0.5, 0.6) is 5.75 Å².